The third kappa shape index (κ3) is 2.96. The van der Waals surface area contributed by atoms with Crippen molar-refractivity contribution in [2.24, 2.45) is 5.73 Å². The number of carbonyl (C=O) groups excluding carboxylic acids is 1. The van der Waals surface area contributed by atoms with E-state index < -0.39 is 0 Å². The number of aryl methyl sites for hydroxylation is 2. The highest BCUT2D eigenvalue weighted by Gasteiger charge is 2.24. The zero-order valence-electron chi connectivity index (χ0n) is 12.0. The number of benzene rings is 1. The number of furan rings is 1. The van der Waals surface area contributed by atoms with Gasteiger partial charge in [0.1, 0.15) is 12.0 Å². The highest BCUT2D eigenvalue weighted by atomic mass is 35.5. The standard InChI is InChI=1S/C16H18N2O2.ClH/c1-11-4-5-12-3-2-6-18(15(12)7-11)16(19)13-8-14(9-17)20-10-13;/h4-5,7-8,10H,2-3,6,9,17H2,1H3;1H. The second kappa shape index (κ2) is 6.33. The van der Waals surface area contributed by atoms with E-state index in [1.54, 1.807) is 6.07 Å². The molecule has 1 aromatic carbocycles. The lowest BCUT2D eigenvalue weighted by molar-refractivity contribution is 0.0984. The molecule has 0 unspecified atom stereocenters. The van der Waals surface area contributed by atoms with Crippen LogP contribution in [0.4, 0.5) is 5.69 Å². The van der Waals surface area contributed by atoms with E-state index in [0.717, 1.165) is 25.1 Å². The summed E-state index contributed by atoms with van der Waals surface area (Å²) in [6.45, 7) is 3.10. The predicted molar refractivity (Wildman–Crippen MR) is 85.0 cm³/mol. The quantitative estimate of drug-likeness (QED) is 0.927. The first-order chi connectivity index (χ1) is 9.69. The number of nitrogens with zero attached hydrogens (tertiary/aromatic N) is 1. The molecule has 0 fully saturated rings. The lowest BCUT2D eigenvalue weighted by Gasteiger charge is -2.29. The van der Waals surface area contributed by atoms with Gasteiger partial charge in [0.15, 0.2) is 0 Å². The maximum atomic E-state index is 12.6. The molecule has 1 amide bonds. The SMILES string of the molecule is Cc1ccc2c(c1)N(C(=O)c1coc(CN)c1)CCC2.Cl. The van der Waals surface area contributed by atoms with Crippen molar-refractivity contribution in [3.8, 4) is 0 Å². The van der Waals surface area contributed by atoms with Crippen LogP contribution in [-0.4, -0.2) is 12.5 Å². The van der Waals surface area contributed by atoms with Gasteiger partial charge in [-0.1, -0.05) is 12.1 Å². The van der Waals surface area contributed by atoms with Gasteiger partial charge >= 0.3 is 0 Å². The first-order valence-corrected chi connectivity index (χ1v) is 6.88. The number of carbonyl (C=O) groups is 1. The van der Waals surface area contributed by atoms with Gasteiger partial charge in [-0.3, -0.25) is 4.79 Å². The number of hydrogen-bond donors (Lipinski definition) is 1. The van der Waals surface area contributed by atoms with E-state index in [1.807, 2.05) is 11.8 Å². The number of hydrogen-bond acceptors (Lipinski definition) is 3. The van der Waals surface area contributed by atoms with E-state index >= 15 is 0 Å². The second-order valence-corrected chi connectivity index (χ2v) is 5.20. The summed E-state index contributed by atoms with van der Waals surface area (Å²) in [6.07, 6.45) is 3.51. The van der Waals surface area contributed by atoms with Gasteiger partial charge in [0.2, 0.25) is 0 Å². The first kappa shape index (κ1) is 15.6. The van der Waals surface area contributed by atoms with E-state index in [-0.39, 0.29) is 18.3 Å². The third-order valence-corrected chi connectivity index (χ3v) is 3.71. The summed E-state index contributed by atoms with van der Waals surface area (Å²) in [4.78, 5) is 14.5. The van der Waals surface area contributed by atoms with Crippen LogP contribution in [0, 0.1) is 6.92 Å². The molecule has 2 heterocycles. The Hall–Kier alpha value is -1.78. The van der Waals surface area contributed by atoms with Crippen molar-refractivity contribution < 1.29 is 9.21 Å². The Bertz CT molecular complexity index is 651. The summed E-state index contributed by atoms with van der Waals surface area (Å²) in [5, 5.41) is 0. The molecule has 0 saturated carbocycles. The van der Waals surface area contributed by atoms with Crippen LogP contribution in [0.2, 0.25) is 0 Å². The molecule has 3 rings (SSSR count). The molecule has 21 heavy (non-hydrogen) atoms. The molecule has 1 aliphatic heterocycles. The molecular weight excluding hydrogens is 288 g/mol. The van der Waals surface area contributed by atoms with Crippen LogP contribution in [0.3, 0.4) is 0 Å². The summed E-state index contributed by atoms with van der Waals surface area (Å²) in [5.41, 5.74) is 9.51. The fourth-order valence-electron chi connectivity index (χ4n) is 2.65. The van der Waals surface area contributed by atoms with Crippen molar-refractivity contribution in [3.05, 3.63) is 53.0 Å². The normalized spacial score (nSPS) is 13.5. The van der Waals surface area contributed by atoms with Gasteiger partial charge in [-0.05, 0) is 43.0 Å². The van der Waals surface area contributed by atoms with E-state index in [1.165, 1.54) is 17.4 Å². The molecule has 0 spiro atoms. The average molecular weight is 307 g/mol. The number of halogens is 1. The summed E-state index contributed by atoms with van der Waals surface area (Å²) in [5.74, 6) is 0.620. The zero-order chi connectivity index (χ0) is 14.1. The van der Waals surface area contributed by atoms with Crippen molar-refractivity contribution in [1.29, 1.82) is 0 Å². The van der Waals surface area contributed by atoms with Crippen LogP contribution in [0.15, 0.2) is 34.9 Å². The highest BCUT2D eigenvalue weighted by molar-refractivity contribution is 6.06. The van der Waals surface area contributed by atoms with Crippen LogP contribution in [0.5, 0.6) is 0 Å². The minimum atomic E-state index is -0.0139. The van der Waals surface area contributed by atoms with Crippen molar-refractivity contribution in [2.75, 3.05) is 11.4 Å². The molecule has 0 radical (unpaired) electrons. The average Bonchev–Trinajstić information content (AvgIpc) is 2.94. The van der Waals surface area contributed by atoms with Crippen LogP contribution in [-0.2, 0) is 13.0 Å². The second-order valence-electron chi connectivity index (χ2n) is 5.20. The van der Waals surface area contributed by atoms with Crippen molar-refractivity contribution >= 4 is 24.0 Å². The van der Waals surface area contributed by atoms with Crippen LogP contribution >= 0.6 is 12.4 Å². The Morgan fingerprint density at radius 3 is 2.90 bits per heavy atom. The molecule has 1 aliphatic rings. The van der Waals surface area contributed by atoms with Crippen LogP contribution in [0.1, 0.15) is 33.7 Å². The molecule has 2 aromatic rings. The molecule has 2 N–H and O–H groups in total. The molecule has 5 heteroatoms. The summed E-state index contributed by atoms with van der Waals surface area (Å²) >= 11 is 0. The largest absolute Gasteiger partial charge is 0.467 e. The van der Waals surface area contributed by atoms with Crippen molar-refractivity contribution in [1.82, 2.24) is 0 Å². The molecule has 4 nitrogen and oxygen atoms in total. The van der Waals surface area contributed by atoms with Crippen molar-refractivity contribution in [3.63, 3.8) is 0 Å². The fraction of sp³-hybridized carbons (Fsp3) is 0.312. The predicted octanol–water partition coefficient (Wildman–Crippen LogP) is 3.06. The maximum absolute atomic E-state index is 12.6. The monoisotopic (exact) mass is 306 g/mol. The minimum Gasteiger partial charge on any atom is -0.467 e. The Balaban J connectivity index is 0.00000161. The minimum absolute atomic E-state index is 0. The van der Waals surface area contributed by atoms with Gasteiger partial charge in [0, 0.05) is 12.2 Å². The van der Waals surface area contributed by atoms with Gasteiger partial charge in [0.25, 0.3) is 5.91 Å². The Kier molecular flexibility index (Phi) is 4.70. The topological polar surface area (TPSA) is 59.5 Å². The molecule has 0 aliphatic carbocycles. The van der Waals surface area contributed by atoms with Gasteiger partial charge in [0.05, 0.1) is 12.1 Å². The first-order valence-electron chi connectivity index (χ1n) is 6.88. The van der Waals surface area contributed by atoms with Gasteiger partial charge < -0.3 is 15.1 Å². The van der Waals surface area contributed by atoms with Crippen LogP contribution in [0.25, 0.3) is 0 Å². The van der Waals surface area contributed by atoms with Crippen molar-refractivity contribution in [2.45, 2.75) is 26.3 Å². The summed E-state index contributed by atoms with van der Waals surface area (Å²) < 4.78 is 5.26. The molecular formula is C16H19ClN2O2. The Morgan fingerprint density at radius 2 is 2.19 bits per heavy atom. The van der Waals surface area contributed by atoms with E-state index in [9.17, 15) is 4.79 Å². The van der Waals surface area contributed by atoms with E-state index in [2.05, 4.69) is 18.2 Å². The number of rotatable bonds is 2. The maximum Gasteiger partial charge on any atom is 0.261 e. The smallest absolute Gasteiger partial charge is 0.261 e. The lowest BCUT2D eigenvalue weighted by Crippen LogP contribution is -2.35. The number of fused-ring (bicyclic) bond motifs is 1. The highest BCUT2D eigenvalue weighted by Crippen LogP contribution is 2.29. The Labute approximate surface area is 130 Å². The Morgan fingerprint density at radius 1 is 1.38 bits per heavy atom. The molecule has 0 atom stereocenters. The van der Waals surface area contributed by atoms with E-state index in [0.29, 0.717) is 17.9 Å². The van der Waals surface area contributed by atoms with Gasteiger partial charge in [-0.25, -0.2) is 0 Å². The fourth-order valence-corrected chi connectivity index (χ4v) is 2.65. The van der Waals surface area contributed by atoms with E-state index in [4.69, 9.17) is 10.2 Å². The third-order valence-electron chi connectivity index (χ3n) is 3.71. The number of nitrogens with two attached hydrogens (primary N) is 1. The number of amides is 1. The molecule has 112 valence electrons. The summed E-state index contributed by atoms with van der Waals surface area (Å²) in [6, 6.07) is 8.02. The molecule has 0 saturated heterocycles. The summed E-state index contributed by atoms with van der Waals surface area (Å²) in [7, 11) is 0. The van der Waals surface area contributed by atoms with Crippen LogP contribution < -0.4 is 10.6 Å². The van der Waals surface area contributed by atoms with Gasteiger partial charge in [-0.15, -0.1) is 12.4 Å². The lowest BCUT2D eigenvalue weighted by atomic mass is 9.99. The molecule has 0 bridgehead atoms. The molecule has 1 aromatic heterocycles. The van der Waals surface area contributed by atoms with Gasteiger partial charge in [-0.2, -0.15) is 0 Å². The number of anilines is 1. The zero-order valence-corrected chi connectivity index (χ0v) is 12.8.